The van der Waals surface area contributed by atoms with Gasteiger partial charge in [-0.15, -0.1) is 0 Å². The molecule has 1 saturated heterocycles. The highest BCUT2D eigenvalue weighted by molar-refractivity contribution is 7.89. The van der Waals surface area contributed by atoms with Crippen LogP contribution in [0.1, 0.15) is 0 Å². The highest BCUT2D eigenvalue weighted by Crippen LogP contribution is 2.22. The molecule has 0 saturated carbocycles. The monoisotopic (exact) mass is 312 g/mol. The van der Waals surface area contributed by atoms with E-state index in [0.717, 1.165) is 13.1 Å². The van der Waals surface area contributed by atoms with E-state index in [2.05, 4.69) is 5.32 Å². The first-order valence-corrected chi connectivity index (χ1v) is 8.25. The average Bonchev–Trinajstić information content (AvgIpc) is 2.47. The first kappa shape index (κ1) is 15.7. The van der Waals surface area contributed by atoms with Crippen LogP contribution < -0.4 is 15.4 Å². The van der Waals surface area contributed by atoms with Crippen molar-refractivity contribution in [2.45, 2.75) is 4.90 Å². The summed E-state index contributed by atoms with van der Waals surface area (Å²) in [7, 11) is -2.13. The van der Waals surface area contributed by atoms with E-state index in [4.69, 9.17) is 5.14 Å². The molecule has 0 unspecified atom stereocenters. The molecular weight excluding hydrogens is 292 g/mol. The number of para-hydroxylation sites is 1. The van der Waals surface area contributed by atoms with Gasteiger partial charge in [-0.2, -0.15) is 0 Å². The lowest BCUT2D eigenvalue weighted by Gasteiger charge is -2.30. The number of hydrogen-bond donors (Lipinski definition) is 2. The van der Waals surface area contributed by atoms with Gasteiger partial charge in [0, 0.05) is 33.2 Å². The fraction of sp³-hybridized carbons (Fsp3) is 0.462. The minimum Gasteiger partial charge on any atom is -0.364 e. The standard InChI is InChI=1S/C13H20N4O3S/c1-16(10-13(18)17-8-6-15-7-9-17)11-4-2-3-5-12(11)21(14,19)20/h2-5,15H,6-10H2,1H3,(H2,14,19,20). The van der Waals surface area contributed by atoms with Gasteiger partial charge in [0.1, 0.15) is 4.90 Å². The summed E-state index contributed by atoms with van der Waals surface area (Å²) in [5.74, 6) is -0.0248. The van der Waals surface area contributed by atoms with Crippen molar-refractivity contribution in [1.82, 2.24) is 10.2 Å². The molecule has 1 fully saturated rings. The molecule has 1 amide bonds. The van der Waals surface area contributed by atoms with Crippen LogP contribution in [0, 0.1) is 0 Å². The van der Waals surface area contributed by atoms with Crippen molar-refractivity contribution in [2.75, 3.05) is 44.7 Å². The van der Waals surface area contributed by atoms with Gasteiger partial charge in [0.15, 0.2) is 0 Å². The highest BCUT2D eigenvalue weighted by atomic mass is 32.2. The van der Waals surface area contributed by atoms with Crippen LogP contribution in [0.2, 0.25) is 0 Å². The van der Waals surface area contributed by atoms with Gasteiger partial charge < -0.3 is 15.1 Å². The predicted octanol–water partition coefficient (Wildman–Crippen LogP) is -0.798. The second-order valence-corrected chi connectivity index (χ2v) is 6.53. The van der Waals surface area contributed by atoms with Crippen molar-refractivity contribution in [1.29, 1.82) is 0 Å². The molecule has 21 heavy (non-hydrogen) atoms. The van der Waals surface area contributed by atoms with E-state index in [1.165, 1.54) is 6.07 Å². The second-order valence-electron chi connectivity index (χ2n) is 5.00. The van der Waals surface area contributed by atoms with Crippen LogP contribution in [-0.4, -0.2) is 59.0 Å². The number of hydrogen-bond acceptors (Lipinski definition) is 5. The van der Waals surface area contributed by atoms with E-state index in [1.54, 1.807) is 35.0 Å². The van der Waals surface area contributed by atoms with Gasteiger partial charge in [0.2, 0.25) is 15.9 Å². The summed E-state index contributed by atoms with van der Waals surface area (Å²) in [6.07, 6.45) is 0. The van der Waals surface area contributed by atoms with Gasteiger partial charge in [-0.05, 0) is 12.1 Å². The molecule has 1 aromatic rings. The summed E-state index contributed by atoms with van der Waals surface area (Å²) < 4.78 is 23.2. The van der Waals surface area contributed by atoms with E-state index >= 15 is 0 Å². The molecule has 8 heteroatoms. The summed E-state index contributed by atoms with van der Waals surface area (Å²) in [6, 6.07) is 6.41. The summed E-state index contributed by atoms with van der Waals surface area (Å²) in [5.41, 5.74) is 0.434. The molecule has 1 aromatic carbocycles. The van der Waals surface area contributed by atoms with Crippen molar-refractivity contribution in [3.63, 3.8) is 0 Å². The number of piperazine rings is 1. The third-order valence-electron chi connectivity index (χ3n) is 3.43. The number of anilines is 1. The first-order chi connectivity index (χ1) is 9.89. The average molecular weight is 312 g/mol. The molecular formula is C13H20N4O3S. The molecule has 0 bridgehead atoms. The van der Waals surface area contributed by atoms with Crippen LogP contribution in [0.15, 0.2) is 29.2 Å². The van der Waals surface area contributed by atoms with Crippen molar-refractivity contribution in [3.8, 4) is 0 Å². The predicted molar refractivity (Wildman–Crippen MR) is 80.5 cm³/mol. The van der Waals surface area contributed by atoms with E-state index in [9.17, 15) is 13.2 Å². The van der Waals surface area contributed by atoms with Crippen LogP contribution in [-0.2, 0) is 14.8 Å². The molecule has 116 valence electrons. The molecule has 0 aliphatic carbocycles. The molecule has 0 atom stereocenters. The van der Waals surface area contributed by atoms with Crippen LogP contribution >= 0.6 is 0 Å². The number of carbonyl (C=O) groups excluding carboxylic acids is 1. The smallest absolute Gasteiger partial charge is 0.242 e. The Kier molecular flexibility index (Phi) is 4.81. The zero-order valence-electron chi connectivity index (χ0n) is 11.9. The van der Waals surface area contributed by atoms with E-state index in [1.807, 2.05) is 0 Å². The third kappa shape index (κ3) is 3.93. The Morgan fingerprint density at radius 3 is 2.57 bits per heavy atom. The van der Waals surface area contributed by atoms with Crippen LogP contribution in [0.25, 0.3) is 0 Å². The van der Waals surface area contributed by atoms with Crippen molar-refractivity contribution < 1.29 is 13.2 Å². The maximum Gasteiger partial charge on any atom is 0.242 e. The summed E-state index contributed by atoms with van der Waals surface area (Å²) in [4.78, 5) is 15.6. The summed E-state index contributed by atoms with van der Waals surface area (Å²) >= 11 is 0. The summed E-state index contributed by atoms with van der Waals surface area (Å²) in [5, 5.41) is 8.39. The SMILES string of the molecule is CN(CC(=O)N1CCNCC1)c1ccccc1S(N)(=O)=O. The second kappa shape index (κ2) is 6.42. The lowest BCUT2D eigenvalue weighted by molar-refractivity contribution is -0.130. The zero-order valence-corrected chi connectivity index (χ0v) is 12.8. The number of primary sulfonamides is 1. The van der Waals surface area contributed by atoms with Gasteiger partial charge in [-0.1, -0.05) is 12.1 Å². The normalized spacial score (nSPS) is 15.8. The fourth-order valence-corrected chi connectivity index (χ4v) is 3.10. The maximum atomic E-state index is 12.2. The Morgan fingerprint density at radius 2 is 1.95 bits per heavy atom. The Bertz CT molecular complexity index is 612. The van der Waals surface area contributed by atoms with Crippen molar-refractivity contribution in [3.05, 3.63) is 24.3 Å². The number of nitrogens with two attached hydrogens (primary N) is 1. The molecule has 7 nitrogen and oxygen atoms in total. The van der Waals surface area contributed by atoms with Gasteiger partial charge in [-0.3, -0.25) is 4.79 Å². The Balaban J connectivity index is 2.13. The number of amides is 1. The molecule has 1 aliphatic rings. The number of carbonyl (C=O) groups is 1. The van der Waals surface area contributed by atoms with Crippen molar-refractivity contribution >= 4 is 21.6 Å². The number of rotatable bonds is 4. The quantitative estimate of drug-likeness (QED) is 0.759. The largest absolute Gasteiger partial charge is 0.364 e. The molecule has 3 N–H and O–H groups in total. The number of nitrogens with zero attached hydrogens (tertiary/aromatic N) is 2. The number of likely N-dealkylation sites (N-methyl/N-ethyl adjacent to an activating group) is 1. The number of benzene rings is 1. The minimum atomic E-state index is -3.82. The number of nitrogens with one attached hydrogen (secondary N) is 1. The highest BCUT2D eigenvalue weighted by Gasteiger charge is 2.21. The van der Waals surface area contributed by atoms with E-state index in [-0.39, 0.29) is 17.3 Å². The molecule has 1 heterocycles. The fourth-order valence-electron chi connectivity index (χ4n) is 2.32. The third-order valence-corrected chi connectivity index (χ3v) is 4.38. The number of sulfonamides is 1. The van der Waals surface area contributed by atoms with Gasteiger partial charge in [-0.25, -0.2) is 13.6 Å². The minimum absolute atomic E-state index is 0.0248. The Morgan fingerprint density at radius 1 is 1.33 bits per heavy atom. The molecule has 0 spiro atoms. The molecule has 0 aromatic heterocycles. The molecule has 0 radical (unpaired) electrons. The Hall–Kier alpha value is -1.64. The lowest BCUT2D eigenvalue weighted by Crippen LogP contribution is -2.49. The lowest BCUT2D eigenvalue weighted by atomic mass is 10.3. The van der Waals surface area contributed by atoms with Crippen LogP contribution in [0.4, 0.5) is 5.69 Å². The van der Waals surface area contributed by atoms with E-state index in [0.29, 0.717) is 18.8 Å². The maximum absolute atomic E-state index is 12.2. The van der Waals surface area contributed by atoms with Crippen molar-refractivity contribution in [2.24, 2.45) is 5.14 Å². The Labute approximate surface area is 124 Å². The topological polar surface area (TPSA) is 95.7 Å². The van der Waals surface area contributed by atoms with Crippen LogP contribution in [0.3, 0.4) is 0 Å². The van der Waals surface area contributed by atoms with Gasteiger partial charge in [0.25, 0.3) is 0 Å². The summed E-state index contributed by atoms with van der Waals surface area (Å²) in [6.45, 7) is 3.02. The zero-order chi connectivity index (χ0) is 15.5. The molecule has 2 rings (SSSR count). The van der Waals surface area contributed by atoms with E-state index < -0.39 is 10.0 Å². The first-order valence-electron chi connectivity index (χ1n) is 6.71. The van der Waals surface area contributed by atoms with Crippen LogP contribution in [0.5, 0.6) is 0 Å². The van der Waals surface area contributed by atoms with Gasteiger partial charge >= 0.3 is 0 Å². The molecule has 1 aliphatic heterocycles. The van der Waals surface area contributed by atoms with Gasteiger partial charge in [0.05, 0.1) is 12.2 Å².